The third-order valence-electron chi connectivity index (χ3n) is 8.05. The Hall–Kier alpha value is -4.69. The Bertz CT molecular complexity index is 1720. The number of halogens is 1. The fraction of sp³-hybridized carbons (Fsp3) is 0.257. The van der Waals surface area contributed by atoms with Crippen LogP contribution in [0.25, 0.3) is 10.9 Å². The summed E-state index contributed by atoms with van der Waals surface area (Å²) in [6, 6.07) is 28.1. The van der Waals surface area contributed by atoms with Gasteiger partial charge in [-0.15, -0.1) is 0 Å². The molecule has 0 N–H and O–H groups in total. The average molecular weight is 579 g/mol. The van der Waals surface area contributed by atoms with Gasteiger partial charge in [-0.3, -0.25) is 14.5 Å². The molecule has 3 aromatic carbocycles. The highest BCUT2D eigenvalue weighted by Gasteiger charge is 2.25. The van der Waals surface area contributed by atoms with Gasteiger partial charge in [0.1, 0.15) is 11.6 Å². The van der Waals surface area contributed by atoms with Gasteiger partial charge in [-0.2, -0.15) is 0 Å². The number of benzene rings is 3. The highest BCUT2D eigenvalue weighted by atomic mass is 19.1. The Morgan fingerprint density at radius 3 is 2.44 bits per heavy atom. The molecule has 0 saturated heterocycles. The third kappa shape index (κ3) is 6.54. The molecule has 0 radical (unpaired) electrons. The van der Waals surface area contributed by atoms with Gasteiger partial charge in [0.2, 0.25) is 5.91 Å². The van der Waals surface area contributed by atoms with E-state index in [1.54, 1.807) is 34.9 Å². The molecule has 8 heteroatoms. The first-order chi connectivity index (χ1) is 20.9. The minimum atomic E-state index is -0.268. The first-order valence-electron chi connectivity index (χ1n) is 14.7. The van der Waals surface area contributed by atoms with E-state index in [-0.39, 0.29) is 23.4 Å². The Labute approximate surface area is 250 Å². The topological polar surface area (TPSA) is 61.9 Å². The molecule has 3 heterocycles. The van der Waals surface area contributed by atoms with Gasteiger partial charge in [-0.05, 0) is 65.4 Å². The number of carbonyl (C=O) groups is 2. The smallest absolute Gasteiger partial charge is 0.289 e. The number of nitrogens with zero attached hydrogens (tertiary/aromatic N) is 4. The van der Waals surface area contributed by atoms with Crippen LogP contribution in [0.1, 0.15) is 40.8 Å². The van der Waals surface area contributed by atoms with Crippen LogP contribution >= 0.6 is 0 Å². The summed E-state index contributed by atoms with van der Waals surface area (Å²) in [5.41, 5.74) is 3.82. The maximum Gasteiger partial charge on any atom is 0.289 e. The molecule has 0 aliphatic carbocycles. The van der Waals surface area contributed by atoms with Gasteiger partial charge in [0.05, 0.1) is 6.54 Å². The van der Waals surface area contributed by atoms with Crippen molar-refractivity contribution in [1.82, 2.24) is 14.4 Å². The molecule has 7 nitrogen and oxygen atoms in total. The first kappa shape index (κ1) is 28.4. The summed E-state index contributed by atoms with van der Waals surface area (Å²) in [5, 5.41) is 1.15. The molecule has 5 aromatic rings. The summed E-state index contributed by atoms with van der Waals surface area (Å²) in [4.78, 5) is 32.6. The van der Waals surface area contributed by atoms with Crippen molar-refractivity contribution in [2.45, 2.75) is 33.0 Å². The van der Waals surface area contributed by atoms with Crippen LogP contribution in [0.2, 0.25) is 0 Å². The van der Waals surface area contributed by atoms with Crippen molar-refractivity contribution >= 4 is 28.4 Å². The fourth-order valence-corrected chi connectivity index (χ4v) is 5.83. The second-order valence-corrected chi connectivity index (χ2v) is 11.1. The van der Waals surface area contributed by atoms with Crippen LogP contribution in [0, 0.1) is 5.82 Å². The van der Waals surface area contributed by atoms with Crippen molar-refractivity contribution in [2.24, 2.45) is 0 Å². The predicted molar refractivity (Wildman–Crippen MR) is 165 cm³/mol. The van der Waals surface area contributed by atoms with Crippen LogP contribution in [0.3, 0.4) is 0 Å². The van der Waals surface area contributed by atoms with E-state index >= 15 is 0 Å². The standard InChI is InChI=1S/C35H35FN4O3/c1-26(41)40-19-6-18-37(23-27-11-13-30(36)14-12-27)21-22-39(24-29-8-3-5-10-33(29)40)35(42)34-16-15-31(43-34)25-38-20-17-28-7-2-4-9-32(28)38/h2-5,7-17,20H,6,18-19,21-25H2,1H3. The zero-order valence-corrected chi connectivity index (χ0v) is 24.3. The number of hydrogen-bond donors (Lipinski definition) is 0. The van der Waals surface area contributed by atoms with Crippen molar-refractivity contribution in [3.8, 4) is 0 Å². The quantitative estimate of drug-likeness (QED) is 0.245. The van der Waals surface area contributed by atoms with Gasteiger partial charge in [0.25, 0.3) is 5.91 Å². The average Bonchev–Trinajstić information content (AvgIpc) is 3.65. The lowest BCUT2D eigenvalue weighted by atomic mass is 10.1. The van der Waals surface area contributed by atoms with E-state index in [2.05, 4.69) is 27.7 Å². The monoisotopic (exact) mass is 578 g/mol. The second kappa shape index (κ2) is 12.7. The van der Waals surface area contributed by atoms with Crippen molar-refractivity contribution in [1.29, 1.82) is 0 Å². The zero-order valence-electron chi connectivity index (χ0n) is 24.3. The SMILES string of the molecule is CC(=O)N1CCCN(Cc2ccc(F)cc2)CCN(C(=O)c2ccc(Cn3ccc4ccccc43)o2)Cc2ccccc21. The molecule has 1 aliphatic heterocycles. The van der Waals surface area contributed by atoms with E-state index < -0.39 is 0 Å². The molecule has 2 amide bonds. The number of hydrogen-bond acceptors (Lipinski definition) is 4. The fourth-order valence-electron chi connectivity index (χ4n) is 5.83. The predicted octanol–water partition coefficient (Wildman–Crippen LogP) is 6.32. The minimum absolute atomic E-state index is 0.0390. The summed E-state index contributed by atoms with van der Waals surface area (Å²) in [6.07, 6.45) is 2.79. The lowest BCUT2D eigenvalue weighted by Gasteiger charge is -2.27. The number of anilines is 1. The molecule has 0 bridgehead atoms. The van der Waals surface area contributed by atoms with E-state index in [1.807, 2.05) is 48.7 Å². The first-order valence-corrected chi connectivity index (χ1v) is 14.7. The van der Waals surface area contributed by atoms with Gasteiger partial charge in [-0.25, -0.2) is 4.39 Å². The van der Waals surface area contributed by atoms with Crippen LogP contribution in [-0.2, 0) is 24.4 Å². The largest absolute Gasteiger partial charge is 0.454 e. The lowest BCUT2D eigenvalue weighted by Crippen LogP contribution is -2.38. The molecule has 1 aliphatic rings. The Morgan fingerprint density at radius 1 is 0.814 bits per heavy atom. The minimum Gasteiger partial charge on any atom is -0.454 e. The number of amides is 2. The second-order valence-electron chi connectivity index (χ2n) is 11.1. The van der Waals surface area contributed by atoms with E-state index in [1.165, 1.54) is 12.1 Å². The number of furan rings is 1. The van der Waals surface area contributed by atoms with Crippen molar-refractivity contribution in [3.63, 3.8) is 0 Å². The summed E-state index contributed by atoms with van der Waals surface area (Å²) in [7, 11) is 0. The summed E-state index contributed by atoms with van der Waals surface area (Å²) >= 11 is 0. The number of fused-ring (bicyclic) bond motifs is 2. The molecule has 0 unspecified atom stereocenters. The van der Waals surface area contributed by atoms with Gasteiger partial charge in [0.15, 0.2) is 5.76 Å². The number of para-hydroxylation sites is 2. The van der Waals surface area contributed by atoms with Gasteiger partial charge < -0.3 is 18.8 Å². The molecular weight excluding hydrogens is 543 g/mol. The van der Waals surface area contributed by atoms with E-state index in [4.69, 9.17) is 4.42 Å². The summed E-state index contributed by atoms with van der Waals surface area (Å²) < 4.78 is 21.8. The van der Waals surface area contributed by atoms with Crippen LogP contribution in [0.5, 0.6) is 0 Å². The number of carbonyl (C=O) groups excluding carboxylic acids is 2. The van der Waals surface area contributed by atoms with Gasteiger partial charge >= 0.3 is 0 Å². The molecule has 0 saturated carbocycles. The van der Waals surface area contributed by atoms with Gasteiger partial charge in [0, 0.05) is 63.6 Å². The molecule has 2 aromatic heterocycles. The molecule has 6 rings (SSSR count). The Kier molecular flexibility index (Phi) is 8.38. The summed E-state index contributed by atoms with van der Waals surface area (Å²) in [6.45, 7) is 5.42. The lowest BCUT2D eigenvalue weighted by molar-refractivity contribution is -0.116. The van der Waals surface area contributed by atoms with E-state index in [0.29, 0.717) is 45.0 Å². The van der Waals surface area contributed by atoms with Crippen molar-refractivity contribution in [3.05, 3.63) is 126 Å². The third-order valence-corrected chi connectivity index (χ3v) is 8.05. The molecule has 220 valence electrons. The molecular formula is C35H35FN4O3. The van der Waals surface area contributed by atoms with E-state index in [9.17, 15) is 14.0 Å². The Morgan fingerprint density at radius 2 is 1.60 bits per heavy atom. The van der Waals surface area contributed by atoms with Gasteiger partial charge in [-0.1, -0.05) is 48.5 Å². The van der Waals surface area contributed by atoms with Crippen molar-refractivity contribution < 1.29 is 18.4 Å². The molecule has 0 atom stereocenters. The van der Waals surface area contributed by atoms with Crippen LogP contribution in [-0.4, -0.2) is 52.4 Å². The van der Waals surface area contributed by atoms with Crippen molar-refractivity contribution in [2.75, 3.05) is 31.1 Å². The normalized spacial score (nSPS) is 14.8. The van der Waals surface area contributed by atoms with Crippen LogP contribution in [0.15, 0.2) is 102 Å². The summed E-state index contributed by atoms with van der Waals surface area (Å²) in [5.74, 6) is 0.475. The number of aromatic nitrogens is 1. The zero-order chi connectivity index (χ0) is 29.8. The van der Waals surface area contributed by atoms with Crippen LogP contribution in [0.4, 0.5) is 10.1 Å². The number of rotatable bonds is 5. The van der Waals surface area contributed by atoms with E-state index in [0.717, 1.165) is 40.7 Å². The maximum absolute atomic E-state index is 14.0. The maximum atomic E-state index is 14.0. The highest BCUT2D eigenvalue weighted by Crippen LogP contribution is 2.25. The highest BCUT2D eigenvalue weighted by molar-refractivity contribution is 5.93. The Balaban J connectivity index is 1.27. The molecule has 0 fully saturated rings. The van der Waals surface area contributed by atoms with Crippen LogP contribution < -0.4 is 4.90 Å². The molecule has 43 heavy (non-hydrogen) atoms. The molecule has 0 spiro atoms.